The predicted octanol–water partition coefficient (Wildman–Crippen LogP) is 4.62. The molecule has 1 aliphatic rings. The molecule has 0 radical (unpaired) electrons. The Morgan fingerprint density at radius 3 is 2.81 bits per heavy atom. The highest BCUT2D eigenvalue weighted by Crippen LogP contribution is 2.23. The van der Waals surface area contributed by atoms with Crippen molar-refractivity contribution in [3.63, 3.8) is 0 Å². The summed E-state index contributed by atoms with van der Waals surface area (Å²) < 4.78 is 7.81. The van der Waals surface area contributed by atoms with Gasteiger partial charge >= 0.3 is 0 Å². The number of ketones is 1. The van der Waals surface area contributed by atoms with Gasteiger partial charge in [-0.15, -0.1) is 0 Å². The number of hydrogen-bond acceptors (Lipinski definition) is 3. The van der Waals surface area contributed by atoms with Crippen LogP contribution in [0.1, 0.15) is 37.6 Å². The quantitative estimate of drug-likeness (QED) is 0.539. The van der Waals surface area contributed by atoms with Gasteiger partial charge < -0.3 is 9.30 Å². The largest absolute Gasteiger partial charge is 0.470 e. The summed E-state index contributed by atoms with van der Waals surface area (Å²) in [6, 6.07) is 8.17. The van der Waals surface area contributed by atoms with Crippen LogP contribution in [0, 0.1) is 5.92 Å². The monoisotopic (exact) mass is 352 g/mol. The number of hydrogen-bond donors (Lipinski definition) is 0. The molecule has 4 heteroatoms. The van der Waals surface area contributed by atoms with Crippen LogP contribution < -0.4 is 0 Å². The number of benzene rings is 1. The SMILES string of the molecule is C/C=C/OC1=CCN(CC(C)Cn2cc(C(C)=O)c3ccccc32)CC1. The van der Waals surface area contributed by atoms with Crippen molar-refractivity contribution in [3.8, 4) is 0 Å². The van der Waals surface area contributed by atoms with Crippen LogP contribution in [0.4, 0.5) is 0 Å². The molecule has 26 heavy (non-hydrogen) atoms. The summed E-state index contributed by atoms with van der Waals surface area (Å²) in [5.41, 5.74) is 1.96. The smallest absolute Gasteiger partial charge is 0.161 e. The van der Waals surface area contributed by atoms with Crippen molar-refractivity contribution >= 4 is 16.7 Å². The number of carbonyl (C=O) groups is 1. The summed E-state index contributed by atoms with van der Waals surface area (Å²) in [4.78, 5) is 14.4. The lowest BCUT2D eigenvalue weighted by atomic mass is 10.1. The summed E-state index contributed by atoms with van der Waals surface area (Å²) >= 11 is 0. The van der Waals surface area contributed by atoms with E-state index in [1.807, 2.05) is 37.4 Å². The van der Waals surface area contributed by atoms with E-state index in [1.165, 1.54) is 0 Å². The van der Waals surface area contributed by atoms with Gasteiger partial charge in [0.25, 0.3) is 0 Å². The third kappa shape index (κ3) is 4.25. The van der Waals surface area contributed by atoms with Crippen molar-refractivity contribution in [1.29, 1.82) is 0 Å². The lowest BCUT2D eigenvalue weighted by Crippen LogP contribution is -2.34. The minimum absolute atomic E-state index is 0.127. The Bertz CT molecular complexity index is 832. The van der Waals surface area contributed by atoms with E-state index in [9.17, 15) is 4.79 Å². The van der Waals surface area contributed by atoms with E-state index in [4.69, 9.17) is 4.74 Å². The minimum Gasteiger partial charge on any atom is -0.470 e. The molecule has 1 aromatic carbocycles. The van der Waals surface area contributed by atoms with Gasteiger partial charge in [0.1, 0.15) is 5.76 Å². The van der Waals surface area contributed by atoms with Crippen LogP contribution in [0.3, 0.4) is 0 Å². The maximum Gasteiger partial charge on any atom is 0.161 e. The summed E-state index contributed by atoms with van der Waals surface area (Å²) in [6.07, 6.45) is 8.80. The van der Waals surface area contributed by atoms with Crippen LogP contribution in [0.2, 0.25) is 0 Å². The molecule has 2 heterocycles. The first-order valence-corrected chi connectivity index (χ1v) is 9.36. The van der Waals surface area contributed by atoms with Gasteiger partial charge in [-0.3, -0.25) is 9.69 Å². The average molecular weight is 352 g/mol. The Hall–Kier alpha value is -2.33. The van der Waals surface area contributed by atoms with E-state index in [-0.39, 0.29) is 5.78 Å². The van der Waals surface area contributed by atoms with Gasteiger partial charge in [-0.25, -0.2) is 0 Å². The summed E-state index contributed by atoms with van der Waals surface area (Å²) in [5.74, 6) is 1.69. The van der Waals surface area contributed by atoms with E-state index >= 15 is 0 Å². The zero-order valence-corrected chi connectivity index (χ0v) is 15.9. The predicted molar refractivity (Wildman–Crippen MR) is 106 cm³/mol. The normalized spacial score (nSPS) is 16.8. The van der Waals surface area contributed by atoms with Gasteiger partial charge in [-0.2, -0.15) is 0 Å². The Morgan fingerprint density at radius 1 is 1.31 bits per heavy atom. The molecule has 1 unspecified atom stereocenters. The molecule has 1 atom stereocenters. The van der Waals surface area contributed by atoms with Crippen LogP contribution in [0.15, 0.2) is 54.6 Å². The molecular formula is C22H28N2O2. The lowest BCUT2D eigenvalue weighted by Gasteiger charge is -2.28. The molecule has 1 aliphatic heterocycles. The van der Waals surface area contributed by atoms with Crippen LogP contribution >= 0.6 is 0 Å². The number of para-hydroxylation sites is 1. The van der Waals surface area contributed by atoms with Gasteiger partial charge in [0.05, 0.1) is 6.26 Å². The van der Waals surface area contributed by atoms with Gasteiger partial charge in [-0.05, 0) is 31.9 Å². The van der Waals surface area contributed by atoms with Gasteiger partial charge in [0, 0.05) is 55.3 Å². The molecule has 1 aromatic heterocycles. The number of Topliss-reactive ketones (excluding diaryl/α,β-unsaturated/α-hetero) is 1. The van der Waals surface area contributed by atoms with Crippen LogP contribution in [0.5, 0.6) is 0 Å². The van der Waals surface area contributed by atoms with Crippen LogP contribution in [-0.4, -0.2) is 34.9 Å². The summed E-state index contributed by atoms with van der Waals surface area (Å²) in [7, 11) is 0. The maximum absolute atomic E-state index is 11.9. The Kier molecular flexibility index (Phi) is 5.94. The van der Waals surface area contributed by atoms with Gasteiger partial charge in [0.15, 0.2) is 5.78 Å². The number of rotatable bonds is 7. The van der Waals surface area contributed by atoms with Crippen molar-refractivity contribution in [3.05, 3.63) is 60.2 Å². The first kappa shape index (κ1) is 18.5. The second-order valence-corrected chi connectivity index (χ2v) is 7.14. The van der Waals surface area contributed by atoms with E-state index in [0.717, 1.165) is 54.8 Å². The van der Waals surface area contributed by atoms with Gasteiger partial charge in [-0.1, -0.05) is 31.2 Å². The molecule has 3 rings (SSSR count). The van der Waals surface area contributed by atoms with E-state index in [2.05, 4.69) is 28.5 Å². The number of ether oxygens (including phenoxy) is 1. The van der Waals surface area contributed by atoms with Crippen molar-refractivity contribution in [2.75, 3.05) is 19.6 Å². The number of nitrogens with zero attached hydrogens (tertiary/aromatic N) is 2. The molecule has 0 aliphatic carbocycles. The first-order valence-electron chi connectivity index (χ1n) is 9.36. The molecule has 0 amide bonds. The Morgan fingerprint density at radius 2 is 2.12 bits per heavy atom. The van der Waals surface area contributed by atoms with Crippen molar-refractivity contribution in [2.24, 2.45) is 5.92 Å². The van der Waals surface area contributed by atoms with Crippen LogP contribution in [-0.2, 0) is 11.3 Å². The highest BCUT2D eigenvalue weighted by molar-refractivity contribution is 6.06. The average Bonchev–Trinajstić information content (AvgIpc) is 3.00. The minimum atomic E-state index is 0.127. The number of fused-ring (bicyclic) bond motifs is 1. The molecule has 0 spiro atoms. The van der Waals surface area contributed by atoms with Gasteiger partial charge in [0.2, 0.25) is 0 Å². The zero-order valence-electron chi connectivity index (χ0n) is 15.9. The number of carbonyl (C=O) groups excluding carboxylic acids is 1. The second-order valence-electron chi connectivity index (χ2n) is 7.14. The lowest BCUT2D eigenvalue weighted by molar-refractivity contribution is 0.101. The number of allylic oxidation sites excluding steroid dienone is 1. The molecule has 4 nitrogen and oxygen atoms in total. The van der Waals surface area contributed by atoms with Crippen molar-refractivity contribution in [2.45, 2.75) is 33.7 Å². The molecule has 0 bridgehead atoms. The van der Waals surface area contributed by atoms with Crippen molar-refractivity contribution in [1.82, 2.24) is 9.47 Å². The second kappa shape index (κ2) is 8.37. The third-order valence-electron chi connectivity index (χ3n) is 4.85. The van der Waals surface area contributed by atoms with E-state index in [1.54, 1.807) is 13.2 Å². The summed E-state index contributed by atoms with van der Waals surface area (Å²) in [5, 5.41) is 1.05. The molecular weight excluding hydrogens is 324 g/mol. The Balaban J connectivity index is 1.64. The Labute approximate surface area is 155 Å². The van der Waals surface area contributed by atoms with Crippen LogP contribution in [0.25, 0.3) is 10.9 Å². The fourth-order valence-electron chi connectivity index (χ4n) is 3.63. The maximum atomic E-state index is 11.9. The highest BCUT2D eigenvalue weighted by Gasteiger charge is 2.17. The first-order chi connectivity index (χ1) is 12.6. The zero-order chi connectivity index (χ0) is 18.5. The molecule has 0 saturated heterocycles. The van der Waals surface area contributed by atoms with E-state index in [0.29, 0.717) is 5.92 Å². The molecule has 0 fully saturated rings. The van der Waals surface area contributed by atoms with Crippen molar-refractivity contribution < 1.29 is 9.53 Å². The third-order valence-corrected chi connectivity index (χ3v) is 4.85. The topological polar surface area (TPSA) is 34.5 Å². The summed E-state index contributed by atoms with van der Waals surface area (Å²) in [6.45, 7) is 9.78. The fraction of sp³-hybridized carbons (Fsp3) is 0.409. The molecule has 138 valence electrons. The van der Waals surface area contributed by atoms with E-state index < -0.39 is 0 Å². The molecule has 2 aromatic rings. The number of aromatic nitrogens is 1. The molecule has 0 saturated carbocycles. The fourth-order valence-corrected chi connectivity index (χ4v) is 3.63. The molecule has 0 N–H and O–H groups in total. The highest BCUT2D eigenvalue weighted by atomic mass is 16.5. The standard InChI is InChI=1S/C22H28N2O2/c1-4-13-26-19-9-11-23(12-10-19)14-17(2)15-24-16-21(18(3)25)20-7-5-6-8-22(20)24/h4-9,13,16-17H,10-12,14-15H2,1-3H3/b13-4+.